The highest BCUT2D eigenvalue weighted by Crippen LogP contribution is 2.43. The zero-order valence-corrected chi connectivity index (χ0v) is 20.2. The Morgan fingerprint density at radius 2 is 1.81 bits per heavy atom. The molecule has 1 atom stereocenters. The largest absolute Gasteiger partial charge is 0.496 e. The van der Waals surface area contributed by atoms with Gasteiger partial charge in [-0.1, -0.05) is 53.8 Å². The Labute approximate surface area is 210 Å². The topological polar surface area (TPSA) is 86.7 Å². The van der Waals surface area contributed by atoms with Crippen LogP contribution >= 0.6 is 11.3 Å². The first-order valence-corrected chi connectivity index (χ1v) is 12.4. The molecule has 0 saturated heterocycles. The maximum atomic E-state index is 13.8. The van der Waals surface area contributed by atoms with Crippen LogP contribution in [0.1, 0.15) is 34.7 Å². The van der Waals surface area contributed by atoms with Gasteiger partial charge in [0.2, 0.25) is 0 Å². The average molecular weight is 496 g/mol. The number of thiazole rings is 1. The Kier molecular flexibility index (Phi) is 5.38. The third-order valence-corrected chi connectivity index (χ3v) is 7.69. The summed E-state index contributed by atoms with van der Waals surface area (Å²) < 4.78 is 8.00. The minimum Gasteiger partial charge on any atom is -0.496 e. The predicted molar refractivity (Wildman–Crippen MR) is 139 cm³/mol. The van der Waals surface area contributed by atoms with Crippen LogP contribution in [-0.4, -0.2) is 16.6 Å². The number of hydrogen-bond acceptors (Lipinski definition) is 6. The van der Waals surface area contributed by atoms with E-state index >= 15 is 0 Å². The number of aromatic nitrogens is 1. The third-order valence-electron chi connectivity index (χ3n) is 6.71. The molecule has 3 aromatic carbocycles. The molecule has 0 N–H and O–H groups in total. The van der Waals surface area contributed by atoms with Gasteiger partial charge in [-0.3, -0.25) is 19.5 Å². The monoisotopic (exact) mass is 495 g/mol. The van der Waals surface area contributed by atoms with Crippen LogP contribution < -0.4 is 19.6 Å². The van der Waals surface area contributed by atoms with Crippen LogP contribution in [0.2, 0.25) is 0 Å². The van der Waals surface area contributed by atoms with Gasteiger partial charge in [-0.05, 0) is 53.8 Å². The van der Waals surface area contributed by atoms with Crippen molar-refractivity contribution in [3.63, 3.8) is 0 Å². The molecule has 7 nitrogen and oxygen atoms in total. The lowest BCUT2D eigenvalue weighted by molar-refractivity contribution is -0.384. The van der Waals surface area contributed by atoms with E-state index in [-0.39, 0.29) is 17.3 Å². The highest BCUT2D eigenvalue weighted by atomic mass is 32.1. The number of hydrogen-bond donors (Lipinski definition) is 0. The SMILES string of the molecule is COc1ccccc1C1C2=C(N=c3sc(=Cc4ccc([N+](=O)[O-])cc4)c(=O)n31)c1ccccc1CC2. The van der Waals surface area contributed by atoms with Crippen molar-refractivity contribution >= 4 is 28.8 Å². The van der Waals surface area contributed by atoms with E-state index in [1.165, 1.54) is 29.0 Å². The molecule has 0 saturated carbocycles. The van der Waals surface area contributed by atoms with Crippen molar-refractivity contribution in [3.05, 3.63) is 130 Å². The van der Waals surface area contributed by atoms with Crippen molar-refractivity contribution in [2.45, 2.75) is 18.9 Å². The Hall–Kier alpha value is -4.30. The molecule has 1 aliphatic carbocycles. The standard InChI is InChI=1S/C28H21N3O4S/c1-35-23-9-5-4-8-21(23)26-22-15-12-18-6-2-3-7-20(18)25(22)29-28-30(26)27(32)24(36-28)16-17-10-13-19(14-11-17)31(33)34/h2-11,13-14,16,26H,12,15H2,1H3. The first-order chi connectivity index (χ1) is 17.5. The Bertz CT molecular complexity index is 1730. The summed E-state index contributed by atoms with van der Waals surface area (Å²) in [6, 6.07) is 21.9. The van der Waals surface area contributed by atoms with Crippen LogP contribution in [0.5, 0.6) is 5.75 Å². The second-order valence-electron chi connectivity index (χ2n) is 8.70. The van der Waals surface area contributed by atoms with E-state index in [1.54, 1.807) is 29.9 Å². The van der Waals surface area contributed by atoms with Crippen LogP contribution in [0.3, 0.4) is 0 Å². The molecule has 0 bridgehead atoms. The van der Waals surface area contributed by atoms with E-state index in [0.29, 0.717) is 14.9 Å². The van der Waals surface area contributed by atoms with Crippen LogP contribution in [0.4, 0.5) is 5.69 Å². The second kappa shape index (κ2) is 8.73. The summed E-state index contributed by atoms with van der Waals surface area (Å²) in [7, 11) is 1.64. The maximum Gasteiger partial charge on any atom is 0.271 e. The number of nitrogens with zero attached hydrogens (tertiary/aromatic N) is 3. The number of fused-ring (bicyclic) bond motifs is 3. The quantitative estimate of drug-likeness (QED) is 0.313. The first-order valence-electron chi connectivity index (χ1n) is 11.6. The molecular formula is C28H21N3O4S. The highest BCUT2D eigenvalue weighted by molar-refractivity contribution is 7.07. The number of allylic oxidation sites excluding steroid dienone is 1. The Morgan fingerprint density at radius 3 is 2.58 bits per heavy atom. The molecule has 2 aliphatic rings. The van der Waals surface area contributed by atoms with Gasteiger partial charge in [0.1, 0.15) is 5.75 Å². The molecule has 2 heterocycles. The normalized spacial score (nSPS) is 16.6. The second-order valence-corrected chi connectivity index (χ2v) is 9.71. The summed E-state index contributed by atoms with van der Waals surface area (Å²) >= 11 is 1.33. The van der Waals surface area contributed by atoms with Gasteiger partial charge in [0.15, 0.2) is 4.80 Å². The number of nitro groups is 1. The number of rotatable bonds is 4. The van der Waals surface area contributed by atoms with Gasteiger partial charge in [0, 0.05) is 23.3 Å². The highest BCUT2D eigenvalue weighted by Gasteiger charge is 2.33. The minimum absolute atomic E-state index is 0.0103. The summed E-state index contributed by atoms with van der Waals surface area (Å²) in [5.74, 6) is 0.722. The van der Waals surface area contributed by atoms with E-state index in [0.717, 1.165) is 41.0 Å². The van der Waals surface area contributed by atoms with Crippen LogP contribution in [0.15, 0.2) is 88.2 Å². The van der Waals surface area contributed by atoms with Crippen molar-refractivity contribution in [1.82, 2.24) is 4.57 Å². The van der Waals surface area contributed by atoms with Gasteiger partial charge in [0.05, 0.1) is 28.3 Å². The summed E-state index contributed by atoms with van der Waals surface area (Å²) in [6.07, 6.45) is 3.44. The smallest absolute Gasteiger partial charge is 0.271 e. The molecule has 4 aromatic rings. The number of nitro benzene ring substituents is 1. The molecule has 0 spiro atoms. The van der Waals surface area contributed by atoms with Crippen LogP contribution in [-0.2, 0) is 6.42 Å². The van der Waals surface area contributed by atoms with Crippen molar-refractivity contribution in [2.75, 3.05) is 7.11 Å². The van der Waals surface area contributed by atoms with Gasteiger partial charge >= 0.3 is 0 Å². The molecule has 6 rings (SSSR count). The molecule has 1 aromatic heterocycles. The lowest BCUT2D eigenvalue weighted by Crippen LogP contribution is -2.38. The molecular weight excluding hydrogens is 474 g/mol. The fraction of sp³-hybridized carbons (Fsp3) is 0.143. The van der Waals surface area contributed by atoms with E-state index in [1.807, 2.05) is 36.4 Å². The number of non-ortho nitro benzene ring substituents is 1. The number of benzene rings is 3. The van der Waals surface area contributed by atoms with Crippen LogP contribution in [0, 0.1) is 10.1 Å². The van der Waals surface area contributed by atoms with Gasteiger partial charge in [-0.15, -0.1) is 0 Å². The Morgan fingerprint density at radius 1 is 1.06 bits per heavy atom. The molecule has 178 valence electrons. The lowest BCUT2D eigenvalue weighted by Gasteiger charge is -2.31. The fourth-order valence-corrected chi connectivity index (χ4v) is 6.04. The molecule has 0 amide bonds. The van der Waals surface area contributed by atoms with E-state index in [2.05, 4.69) is 12.1 Å². The number of aryl methyl sites for hydroxylation is 1. The van der Waals surface area contributed by atoms with E-state index in [9.17, 15) is 14.9 Å². The molecule has 8 heteroatoms. The van der Waals surface area contributed by atoms with Crippen molar-refractivity contribution in [1.29, 1.82) is 0 Å². The lowest BCUT2D eigenvalue weighted by atomic mass is 9.83. The molecule has 1 unspecified atom stereocenters. The molecule has 1 aliphatic heterocycles. The van der Waals surface area contributed by atoms with Crippen molar-refractivity contribution in [2.24, 2.45) is 4.99 Å². The number of para-hydroxylation sites is 1. The molecule has 0 radical (unpaired) electrons. The van der Waals surface area contributed by atoms with Crippen LogP contribution in [0.25, 0.3) is 11.8 Å². The summed E-state index contributed by atoms with van der Waals surface area (Å²) in [6.45, 7) is 0. The predicted octanol–water partition coefficient (Wildman–Crippen LogP) is 4.24. The minimum atomic E-state index is -0.437. The van der Waals surface area contributed by atoms with E-state index < -0.39 is 4.92 Å². The number of ether oxygens (including phenoxy) is 1. The number of methoxy groups -OCH3 is 1. The van der Waals surface area contributed by atoms with Gasteiger partial charge in [0.25, 0.3) is 11.2 Å². The van der Waals surface area contributed by atoms with Crippen molar-refractivity contribution < 1.29 is 9.66 Å². The zero-order valence-electron chi connectivity index (χ0n) is 19.4. The van der Waals surface area contributed by atoms with Gasteiger partial charge in [-0.2, -0.15) is 0 Å². The summed E-state index contributed by atoms with van der Waals surface area (Å²) in [4.78, 5) is 30.0. The van der Waals surface area contributed by atoms with E-state index in [4.69, 9.17) is 9.73 Å². The maximum absolute atomic E-state index is 13.8. The summed E-state index contributed by atoms with van der Waals surface area (Å²) in [5.41, 5.74) is 5.90. The third kappa shape index (κ3) is 3.58. The molecule has 36 heavy (non-hydrogen) atoms. The van der Waals surface area contributed by atoms with Crippen molar-refractivity contribution in [3.8, 4) is 5.75 Å². The van der Waals surface area contributed by atoms with Gasteiger partial charge in [-0.25, -0.2) is 4.99 Å². The summed E-state index contributed by atoms with van der Waals surface area (Å²) in [5, 5.41) is 11.0. The fourth-order valence-electron chi connectivity index (χ4n) is 5.03. The van der Waals surface area contributed by atoms with Gasteiger partial charge < -0.3 is 4.74 Å². The Balaban J connectivity index is 1.60. The first kappa shape index (κ1) is 22.2. The molecule has 0 fully saturated rings. The zero-order chi connectivity index (χ0) is 24.8. The average Bonchev–Trinajstić information content (AvgIpc) is 3.22.